The van der Waals surface area contributed by atoms with Gasteiger partial charge in [0, 0.05) is 24.2 Å². The van der Waals surface area contributed by atoms with Crippen molar-refractivity contribution in [2.45, 2.75) is 67.4 Å². The minimum atomic E-state index is -0.626. The Balaban J connectivity index is 2.69. The maximum absolute atomic E-state index is 12.4. The van der Waals surface area contributed by atoms with E-state index in [1.165, 1.54) is 0 Å². The monoisotopic (exact) mass is 337 g/mol. The van der Waals surface area contributed by atoms with Crippen LogP contribution in [0.25, 0.3) is 0 Å². The minimum Gasteiger partial charge on any atom is -0.462 e. The van der Waals surface area contributed by atoms with Crippen molar-refractivity contribution in [3.63, 3.8) is 0 Å². The van der Waals surface area contributed by atoms with Gasteiger partial charge in [-0.25, -0.2) is 9.59 Å². The topological polar surface area (TPSA) is 64.6 Å². The number of carbonyl (C=O) groups is 2. The molecular weight excluding hydrogens is 306 g/mol. The molecule has 5 heteroatoms. The molecule has 1 aliphatic rings. The summed E-state index contributed by atoms with van der Waals surface area (Å²) in [6.07, 6.45) is 3.34. The Labute approximate surface area is 145 Å². The summed E-state index contributed by atoms with van der Waals surface area (Å²) < 4.78 is 11.0. The Hall–Kier alpha value is -1.78. The summed E-state index contributed by atoms with van der Waals surface area (Å²) in [4.78, 5) is 24.6. The van der Waals surface area contributed by atoms with E-state index in [1.807, 2.05) is 55.4 Å². The maximum atomic E-state index is 12.4. The molecule has 1 aliphatic heterocycles. The van der Waals surface area contributed by atoms with Crippen molar-refractivity contribution >= 4 is 11.9 Å². The third kappa shape index (κ3) is 5.69. The van der Waals surface area contributed by atoms with E-state index in [0.29, 0.717) is 17.8 Å². The molecule has 1 heterocycles. The molecule has 0 fully saturated rings. The predicted octanol–water partition coefficient (Wildman–Crippen LogP) is 3.70. The van der Waals surface area contributed by atoms with Gasteiger partial charge in [0.05, 0.1) is 17.8 Å². The van der Waals surface area contributed by atoms with Crippen LogP contribution in [0.15, 0.2) is 23.5 Å². The van der Waals surface area contributed by atoms with Crippen LogP contribution < -0.4 is 5.32 Å². The van der Waals surface area contributed by atoms with Crippen LogP contribution in [0.5, 0.6) is 0 Å². The van der Waals surface area contributed by atoms with Gasteiger partial charge in [-0.3, -0.25) is 0 Å². The molecule has 24 heavy (non-hydrogen) atoms. The molecule has 0 unspecified atom stereocenters. The fraction of sp³-hybridized carbons (Fsp3) is 0.684. The Kier molecular flexibility index (Phi) is 5.91. The number of hydrogen-bond donors (Lipinski definition) is 1. The number of rotatable bonds is 4. The number of ether oxygens (including phenoxy) is 2. The fourth-order valence-corrected chi connectivity index (χ4v) is 1.64. The Bertz CT molecular complexity index is 557. The van der Waals surface area contributed by atoms with Crippen molar-refractivity contribution in [2.24, 2.45) is 10.8 Å². The first-order valence-corrected chi connectivity index (χ1v) is 8.27. The van der Waals surface area contributed by atoms with Gasteiger partial charge in [0.15, 0.2) is 0 Å². The lowest BCUT2D eigenvalue weighted by atomic mass is 9.79. The first-order valence-electron chi connectivity index (χ1n) is 8.27. The number of hydrogen-bond acceptors (Lipinski definition) is 5. The molecule has 0 bridgehead atoms. The van der Waals surface area contributed by atoms with Gasteiger partial charge < -0.3 is 14.8 Å². The summed E-state index contributed by atoms with van der Waals surface area (Å²) in [6.45, 7) is 16.1. The van der Waals surface area contributed by atoms with Gasteiger partial charge in [-0.2, -0.15) is 0 Å². The highest BCUT2D eigenvalue weighted by atomic mass is 16.6. The highest BCUT2D eigenvalue weighted by Gasteiger charge is 2.37. The molecule has 0 spiro atoms. The number of carbonyl (C=O) groups excluding carboxylic acids is 2. The van der Waals surface area contributed by atoms with E-state index < -0.39 is 17.5 Å². The van der Waals surface area contributed by atoms with E-state index in [-0.39, 0.29) is 17.3 Å². The zero-order valence-electron chi connectivity index (χ0n) is 16.2. The van der Waals surface area contributed by atoms with Crippen LogP contribution in [0.4, 0.5) is 0 Å². The second-order valence-electron chi connectivity index (χ2n) is 8.97. The van der Waals surface area contributed by atoms with Crippen molar-refractivity contribution in [1.82, 2.24) is 5.32 Å². The lowest BCUT2D eigenvalue weighted by Gasteiger charge is -2.38. The zero-order valence-corrected chi connectivity index (χ0v) is 16.2. The molecule has 0 saturated heterocycles. The molecule has 0 aliphatic carbocycles. The van der Waals surface area contributed by atoms with Crippen molar-refractivity contribution in [2.75, 3.05) is 6.61 Å². The van der Waals surface area contributed by atoms with Crippen molar-refractivity contribution in [3.8, 4) is 0 Å². The second kappa shape index (κ2) is 6.99. The van der Waals surface area contributed by atoms with E-state index in [9.17, 15) is 9.59 Å². The molecule has 1 rings (SSSR count). The van der Waals surface area contributed by atoms with Crippen molar-refractivity contribution < 1.29 is 19.1 Å². The van der Waals surface area contributed by atoms with E-state index in [2.05, 4.69) is 5.32 Å². The number of nitrogens with one attached hydrogen (secondary N) is 1. The SMILES string of the molecule is CC(C)(C)COC(=O)C1=CNC=C(C(=O)OC(C)(C)C(C)(C)C)C1. The first kappa shape index (κ1) is 20.3. The minimum absolute atomic E-state index is 0.105. The van der Waals surface area contributed by atoms with Crippen LogP contribution in [-0.2, 0) is 19.1 Å². The Morgan fingerprint density at radius 2 is 1.46 bits per heavy atom. The average molecular weight is 337 g/mol. The molecule has 5 nitrogen and oxygen atoms in total. The van der Waals surface area contributed by atoms with Gasteiger partial charge in [-0.1, -0.05) is 41.5 Å². The van der Waals surface area contributed by atoms with Crippen molar-refractivity contribution in [1.29, 1.82) is 0 Å². The van der Waals surface area contributed by atoms with E-state index in [0.717, 1.165) is 0 Å². The molecule has 136 valence electrons. The van der Waals surface area contributed by atoms with Gasteiger partial charge >= 0.3 is 11.9 Å². The molecule has 0 aromatic rings. The van der Waals surface area contributed by atoms with Crippen LogP contribution >= 0.6 is 0 Å². The molecule has 1 N–H and O–H groups in total. The highest BCUT2D eigenvalue weighted by molar-refractivity contribution is 5.95. The molecule has 0 aromatic heterocycles. The van der Waals surface area contributed by atoms with Gasteiger partial charge in [-0.05, 0) is 19.3 Å². The molecule has 0 amide bonds. The van der Waals surface area contributed by atoms with E-state index >= 15 is 0 Å². The van der Waals surface area contributed by atoms with E-state index in [4.69, 9.17) is 9.47 Å². The summed E-state index contributed by atoms with van der Waals surface area (Å²) in [5.41, 5.74) is -0.0962. The van der Waals surface area contributed by atoms with Crippen LogP contribution in [0.1, 0.15) is 61.8 Å². The average Bonchev–Trinajstić information content (AvgIpc) is 2.42. The summed E-state index contributed by atoms with van der Waals surface area (Å²) in [5, 5.41) is 2.84. The van der Waals surface area contributed by atoms with Crippen molar-refractivity contribution in [3.05, 3.63) is 23.5 Å². The van der Waals surface area contributed by atoms with Crippen LogP contribution in [0.3, 0.4) is 0 Å². The van der Waals surface area contributed by atoms with Crippen LogP contribution in [0, 0.1) is 10.8 Å². The molecule has 0 atom stereocenters. The molecule has 0 aromatic carbocycles. The maximum Gasteiger partial charge on any atom is 0.336 e. The van der Waals surface area contributed by atoms with Gasteiger partial charge in [0.2, 0.25) is 0 Å². The largest absolute Gasteiger partial charge is 0.462 e. The summed E-state index contributed by atoms with van der Waals surface area (Å²) in [5.74, 6) is -0.831. The number of esters is 2. The van der Waals surface area contributed by atoms with Gasteiger partial charge in [0.1, 0.15) is 5.60 Å². The van der Waals surface area contributed by atoms with Crippen LogP contribution in [0.2, 0.25) is 0 Å². The fourth-order valence-electron chi connectivity index (χ4n) is 1.64. The Morgan fingerprint density at radius 3 is 1.92 bits per heavy atom. The van der Waals surface area contributed by atoms with Gasteiger partial charge in [0.25, 0.3) is 0 Å². The smallest absolute Gasteiger partial charge is 0.336 e. The summed E-state index contributed by atoms with van der Waals surface area (Å²) in [7, 11) is 0. The van der Waals surface area contributed by atoms with Crippen LogP contribution in [-0.4, -0.2) is 24.1 Å². The first-order chi connectivity index (χ1) is 10.7. The number of dihydropyridines is 1. The second-order valence-corrected chi connectivity index (χ2v) is 8.97. The molecular formula is C19H31NO4. The summed E-state index contributed by atoms with van der Waals surface area (Å²) >= 11 is 0. The third-order valence-electron chi connectivity index (χ3n) is 4.21. The summed E-state index contributed by atoms with van der Waals surface area (Å²) in [6, 6.07) is 0. The lowest BCUT2D eigenvalue weighted by Crippen LogP contribution is -2.41. The molecule has 0 radical (unpaired) electrons. The third-order valence-corrected chi connectivity index (χ3v) is 4.21. The standard InChI is InChI=1S/C19H31NO4/c1-17(2,3)12-23-15(21)13-9-14(11-20-10-13)16(22)24-19(7,8)18(4,5)6/h10-11,20H,9,12H2,1-8H3. The lowest BCUT2D eigenvalue weighted by molar-refractivity contribution is -0.162. The van der Waals surface area contributed by atoms with Gasteiger partial charge in [-0.15, -0.1) is 0 Å². The normalized spacial score (nSPS) is 15.8. The molecule has 0 saturated carbocycles. The highest BCUT2D eigenvalue weighted by Crippen LogP contribution is 2.34. The zero-order chi connectivity index (χ0) is 18.8. The Morgan fingerprint density at radius 1 is 0.958 bits per heavy atom. The quantitative estimate of drug-likeness (QED) is 0.792. The van der Waals surface area contributed by atoms with E-state index in [1.54, 1.807) is 12.4 Å². The predicted molar refractivity (Wildman–Crippen MR) is 94.0 cm³/mol.